The molecule has 0 saturated heterocycles. The molecule has 1 aromatic carbocycles. The summed E-state index contributed by atoms with van der Waals surface area (Å²) in [5.41, 5.74) is 17.4. The van der Waals surface area contributed by atoms with Gasteiger partial charge < -0.3 is 16.8 Å². The third-order valence-corrected chi connectivity index (χ3v) is 5.25. The fraction of sp³-hybridized carbons (Fsp3) is 0.444. The number of anilines is 2. The number of carbonyl (C=O) groups is 1. The standard InChI is InChI=1S/C18H23N5O/c1-10-3-2-4-12-13(7-8-21-16(10)12)18(24)23-17(20)14-6-5-11(19)9-15(14)22-23/h2-4,11,13,21H,5-9,19-20H2,1H3/t11?,13-/m0/s1. The predicted molar refractivity (Wildman–Crippen MR) is 94.3 cm³/mol. The van der Waals surface area contributed by atoms with Crippen molar-refractivity contribution in [1.82, 2.24) is 9.78 Å². The van der Waals surface area contributed by atoms with Gasteiger partial charge in [-0.1, -0.05) is 18.2 Å². The van der Waals surface area contributed by atoms with Crippen molar-refractivity contribution >= 4 is 17.4 Å². The maximum Gasteiger partial charge on any atom is 0.256 e. The molecule has 4 rings (SSSR count). The van der Waals surface area contributed by atoms with Crippen LogP contribution in [0.3, 0.4) is 0 Å². The lowest BCUT2D eigenvalue weighted by molar-refractivity contribution is 0.0859. The molecule has 0 spiro atoms. The average molecular weight is 325 g/mol. The monoisotopic (exact) mass is 325 g/mol. The second kappa shape index (κ2) is 5.63. The highest BCUT2D eigenvalue weighted by Gasteiger charge is 2.32. The largest absolute Gasteiger partial charge is 0.385 e. The van der Waals surface area contributed by atoms with Gasteiger partial charge in [-0.2, -0.15) is 9.78 Å². The molecule has 2 heterocycles. The van der Waals surface area contributed by atoms with Gasteiger partial charge >= 0.3 is 0 Å². The lowest BCUT2D eigenvalue weighted by atomic mass is 9.88. The van der Waals surface area contributed by atoms with E-state index < -0.39 is 0 Å². The number of hydrogen-bond donors (Lipinski definition) is 3. The number of nitrogens with zero attached hydrogens (tertiary/aromatic N) is 2. The molecule has 1 unspecified atom stereocenters. The van der Waals surface area contributed by atoms with E-state index in [2.05, 4.69) is 23.4 Å². The summed E-state index contributed by atoms with van der Waals surface area (Å²) in [5, 5.41) is 7.92. The fourth-order valence-corrected chi connectivity index (χ4v) is 3.92. The van der Waals surface area contributed by atoms with Crippen LogP contribution in [-0.4, -0.2) is 28.3 Å². The van der Waals surface area contributed by atoms with Gasteiger partial charge in [0, 0.05) is 30.3 Å². The molecule has 0 amide bonds. The Bertz CT molecular complexity index is 810. The third-order valence-electron chi connectivity index (χ3n) is 5.25. The molecule has 6 heteroatoms. The average Bonchev–Trinajstić information content (AvgIpc) is 2.90. The SMILES string of the molecule is Cc1cccc2c1NCC[C@@H]2C(=O)n1nc2c(c1N)CCC(N)C2. The van der Waals surface area contributed by atoms with Gasteiger partial charge in [0.15, 0.2) is 0 Å². The number of nitrogens with one attached hydrogen (secondary N) is 1. The highest BCUT2D eigenvalue weighted by Crippen LogP contribution is 2.36. The number of aryl methyl sites for hydroxylation is 1. The molecule has 0 fully saturated rings. The molecule has 0 bridgehead atoms. The smallest absolute Gasteiger partial charge is 0.256 e. The first-order valence-corrected chi connectivity index (χ1v) is 8.55. The number of nitrogens with two attached hydrogens (primary N) is 2. The van der Waals surface area contributed by atoms with Crippen LogP contribution in [0.4, 0.5) is 11.5 Å². The predicted octanol–water partition coefficient (Wildman–Crippen LogP) is 1.83. The molecular formula is C18H23N5O. The van der Waals surface area contributed by atoms with Crippen molar-refractivity contribution in [3.63, 3.8) is 0 Å². The van der Waals surface area contributed by atoms with Crippen LogP contribution in [0.5, 0.6) is 0 Å². The van der Waals surface area contributed by atoms with E-state index >= 15 is 0 Å². The molecule has 24 heavy (non-hydrogen) atoms. The minimum atomic E-state index is -0.210. The zero-order valence-electron chi connectivity index (χ0n) is 13.9. The van der Waals surface area contributed by atoms with Crippen molar-refractivity contribution in [1.29, 1.82) is 0 Å². The van der Waals surface area contributed by atoms with Gasteiger partial charge in [-0.25, -0.2) is 0 Å². The third kappa shape index (κ3) is 2.29. The Morgan fingerprint density at radius 1 is 1.38 bits per heavy atom. The molecule has 2 aromatic rings. The van der Waals surface area contributed by atoms with E-state index in [0.29, 0.717) is 12.2 Å². The molecule has 6 nitrogen and oxygen atoms in total. The first-order valence-electron chi connectivity index (χ1n) is 8.55. The summed E-state index contributed by atoms with van der Waals surface area (Å²) >= 11 is 0. The number of nitrogen functional groups attached to an aromatic ring is 1. The number of carbonyl (C=O) groups excluding carboxylic acids is 1. The Hall–Kier alpha value is -2.34. The molecule has 126 valence electrons. The van der Waals surface area contributed by atoms with Crippen LogP contribution >= 0.6 is 0 Å². The number of rotatable bonds is 1. The van der Waals surface area contributed by atoms with Gasteiger partial charge in [0.05, 0.1) is 11.6 Å². The highest BCUT2D eigenvalue weighted by molar-refractivity contribution is 5.90. The molecular weight excluding hydrogens is 302 g/mol. The lowest BCUT2D eigenvalue weighted by Gasteiger charge is -2.27. The Labute approximate surface area is 141 Å². The summed E-state index contributed by atoms with van der Waals surface area (Å²) < 4.78 is 1.42. The Kier molecular flexibility index (Phi) is 3.57. The fourth-order valence-electron chi connectivity index (χ4n) is 3.92. The summed E-state index contributed by atoms with van der Waals surface area (Å²) in [6.45, 7) is 2.83. The molecule has 2 atom stereocenters. The molecule has 5 N–H and O–H groups in total. The minimum Gasteiger partial charge on any atom is -0.385 e. The van der Waals surface area contributed by atoms with E-state index in [9.17, 15) is 4.79 Å². The van der Waals surface area contributed by atoms with Crippen molar-refractivity contribution < 1.29 is 4.79 Å². The zero-order chi connectivity index (χ0) is 16.8. The lowest BCUT2D eigenvalue weighted by Crippen LogP contribution is -2.29. The van der Waals surface area contributed by atoms with Gasteiger partial charge in [-0.05, 0) is 37.3 Å². The first kappa shape index (κ1) is 15.2. The van der Waals surface area contributed by atoms with Gasteiger partial charge in [-0.15, -0.1) is 0 Å². The highest BCUT2D eigenvalue weighted by atomic mass is 16.2. The van der Waals surface area contributed by atoms with E-state index in [1.54, 1.807) is 0 Å². The summed E-state index contributed by atoms with van der Waals surface area (Å²) in [6.07, 6.45) is 3.14. The van der Waals surface area contributed by atoms with Crippen LogP contribution in [-0.2, 0) is 12.8 Å². The van der Waals surface area contributed by atoms with E-state index in [0.717, 1.165) is 53.9 Å². The Balaban J connectivity index is 1.73. The van der Waals surface area contributed by atoms with Crippen LogP contribution < -0.4 is 16.8 Å². The van der Waals surface area contributed by atoms with Crippen molar-refractivity contribution in [2.24, 2.45) is 5.73 Å². The summed E-state index contributed by atoms with van der Waals surface area (Å²) in [7, 11) is 0. The molecule has 0 saturated carbocycles. The zero-order valence-corrected chi connectivity index (χ0v) is 13.9. The van der Waals surface area contributed by atoms with Gasteiger partial charge in [0.25, 0.3) is 5.91 Å². The number of fused-ring (bicyclic) bond motifs is 2. The van der Waals surface area contributed by atoms with Gasteiger partial charge in [0.2, 0.25) is 0 Å². The number of benzene rings is 1. The second-order valence-electron chi connectivity index (χ2n) is 6.87. The van der Waals surface area contributed by atoms with E-state index in [-0.39, 0.29) is 17.9 Å². The van der Waals surface area contributed by atoms with E-state index in [1.165, 1.54) is 4.68 Å². The molecule has 2 aliphatic rings. The topological polar surface area (TPSA) is 99.0 Å². The van der Waals surface area contributed by atoms with Gasteiger partial charge in [-0.3, -0.25) is 4.79 Å². The van der Waals surface area contributed by atoms with Crippen molar-refractivity contribution in [2.45, 2.75) is 44.6 Å². The first-order chi connectivity index (χ1) is 11.6. The number of para-hydroxylation sites is 1. The number of hydrogen-bond acceptors (Lipinski definition) is 5. The maximum absolute atomic E-state index is 13.2. The summed E-state index contributed by atoms with van der Waals surface area (Å²) in [6, 6.07) is 6.18. The van der Waals surface area contributed by atoms with Crippen LogP contribution in [0.25, 0.3) is 0 Å². The molecule has 0 radical (unpaired) electrons. The minimum absolute atomic E-state index is 0.0381. The Morgan fingerprint density at radius 3 is 3.04 bits per heavy atom. The maximum atomic E-state index is 13.2. The van der Waals surface area contributed by atoms with Gasteiger partial charge in [0.1, 0.15) is 5.82 Å². The quantitative estimate of drug-likeness (QED) is 0.743. The van der Waals surface area contributed by atoms with Crippen molar-refractivity contribution in [3.8, 4) is 0 Å². The molecule has 1 aliphatic heterocycles. The summed E-state index contributed by atoms with van der Waals surface area (Å²) in [5.74, 6) is 0.247. The van der Waals surface area contributed by atoms with E-state index in [1.807, 2.05) is 12.1 Å². The molecule has 1 aromatic heterocycles. The van der Waals surface area contributed by atoms with Crippen LogP contribution in [0.15, 0.2) is 18.2 Å². The molecule has 1 aliphatic carbocycles. The second-order valence-corrected chi connectivity index (χ2v) is 6.87. The van der Waals surface area contributed by atoms with E-state index in [4.69, 9.17) is 11.5 Å². The van der Waals surface area contributed by atoms with Crippen molar-refractivity contribution in [3.05, 3.63) is 40.6 Å². The van der Waals surface area contributed by atoms with Crippen LogP contribution in [0, 0.1) is 6.92 Å². The number of aromatic nitrogens is 2. The Morgan fingerprint density at radius 2 is 2.21 bits per heavy atom. The van der Waals surface area contributed by atoms with Crippen LogP contribution in [0.2, 0.25) is 0 Å². The van der Waals surface area contributed by atoms with Crippen molar-refractivity contribution in [2.75, 3.05) is 17.6 Å². The summed E-state index contributed by atoms with van der Waals surface area (Å²) in [4.78, 5) is 13.2. The normalized spacial score (nSPS) is 22.4. The van der Waals surface area contributed by atoms with Crippen LogP contribution in [0.1, 0.15) is 45.9 Å².